The molecule has 162 valence electrons. The van der Waals surface area contributed by atoms with E-state index in [9.17, 15) is 9.59 Å². The number of nitrogens with zero attached hydrogens (tertiary/aromatic N) is 3. The van der Waals surface area contributed by atoms with Crippen molar-refractivity contribution in [1.29, 1.82) is 0 Å². The van der Waals surface area contributed by atoms with Crippen LogP contribution in [0.3, 0.4) is 0 Å². The number of aromatic nitrogens is 1. The first-order valence-electron chi connectivity index (χ1n) is 11.0. The number of amides is 1. The number of carbonyl (C=O) groups excluding carboxylic acids is 2. The Bertz CT molecular complexity index is 702. The molecular weight excluding hydrogens is 368 g/mol. The molecular formula is C22H36N4O3. The van der Waals surface area contributed by atoms with Crippen LogP contribution in [0.1, 0.15) is 63.7 Å². The van der Waals surface area contributed by atoms with E-state index in [-0.39, 0.29) is 7.33 Å². The number of pyridine rings is 1. The van der Waals surface area contributed by atoms with Gasteiger partial charge >= 0.3 is 5.97 Å². The molecule has 1 N–H and O–H groups in total. The molecule has 1 aromatic heterocycles. The van der Waals surface area contributed by atoms with E-state index in [2.05, 4.69) is 20.1 Å². The molecule has 1 amide bonds. The Labute approximate surface area is 175 Å². The highest BCUT2D eigenvalue weighted by Gasteiger charge is 2.26. The van der Waals surface area contributed by atoms with Gasteiger partial charge in [0.2, 0.25) is 5.91 Å². The van der Waals surface area contributed by atoms with E-state index < -0.39 is 5.97 Å². The molecule has 2 fully saturated rings. The molecule has 2 aliphatic heterocycles. The molecule has 0 bridgehead atoms. The van der Waals surface area contributed by atoms with Crippen LogP contribution < -0.4 is 10.2 Å². The van der Waals surface area contributed by atoms with E-state index in [4.69, 9.17) is 4.74 Å². The van der Waals surface area contributed by atoms with Crippen LogP contribution in [0.25, 0.3) is 0 Å². The Kier molecular flexibility index (Phi) is 7.86. The summed E-state index contributed by atoms with van der Waals surface area (Å²) in [4.78, 5) is 33.7. The third-order valence-electron chi connectivity index (χ3n) is 5.94. The first-order chi connectivity index (χ1) is 14.1. The fourth-order valence-electron chi connectivity index (χ4n) is 4.26. The zero-order valence-corrected chi connectivity index (χ0v) is 17.8. The number of carbonyl (C=O) groups is 2. The molecule has 7 nitrogen and oxygen atoms in total. The number of methoxy groups -OCH3 is 1. The van der Waals surface area contributed by atoms with Crippen molar-refractivity contribution in [2.75, 3.05) is 50.1 Å². The van der Waals surface area contributed by atoms with Gasteiger partial charge in [-0.3, -0.25) is 4.79 Å². The standard InChI is InChI=1S/C22H34N4O3.H2/c1-3-4-7-20(27)24-18-14-19(22(28)29-2)21(23-15-18)26-12-8-17(9-13-26)16-25-10-5-6-11-25;/h14-15,17H,3-13,16H2,1-2H3,(H,24,27);1H. The molecule has 0 aromatic carbocycles. The minimum Gasteiger partial charge on any atom is -0.465 e. The van der Waals surface area contributed by atoms with Crippen LogP contribution in [-0.2, 0) is 9.53 Å². The number of hydrogen-bond acceptors (Lipinski definition) is 6. The van der Waals surface area contributed by atoms with E-state index in [1.807, 2.05) is 6.92 Å². The molecule has 0 radical (unpaired) electrons. The number of piperidine rings is 1. The van der Waals surface area contributed by atoms with Crippen LogP contribution in [-0.4, -0.2) is 61.6 Å². The monoisotopic (exact) mass is 404 g/mol. The molecule has 0 unspecified atom stereocenters. The molecule has 0 aliphatic carbocycles. The van der Waals surface area contributed by atoms with E-state index >= 15 is 0 Å². The minimum atomic E-state index is -0.420. The van der Waals surface area contributed by atoms with E-state index in [1.165, 1.54) is 39.6 Å². The second-order valence-electron chi connectivity index (χ2n) is 8.18. The van der Waals surface area contributed by atoms with Crippen molar-refractivity contribution in [3.63, 3.8) is 0 Å². The first kappa shape index (κ1) is 21.6. The maximum atomic E-state index is 12.4. The number of hydrogen-bond donors (Lipinski definition) is 1. The van der Waals surface area contributed by atoms with Gasteiger partial charge in [0, 0.05) is 27.5 Å². The third-order valence-corrected chi connectivity index (χ3v) is 5.94. The molecule has 3 heterocycles. The number of rotatable bonds is 8. The molecule has 0 atom stereocenters. The van der Waals surface area contributed by atoms with Gasteiger partial charge < -0.3 is 19.9 Å². The Balaban J connectivity index is 0.00000320. The number of esters is 1. The van der Waals surface area contributed by atoms with Crippen LogP contribution in [0.5, 0.6) is 0 Å². The quantitative estimate of drug-likeness (QED) is 0.668. The van der Waals surface area contributed by atoms with Gasteiger partial charge in [0.15, 0.2) is 0 Å². The largest absolute Gasteiger partial charge is 0.465 e. The summed E-state index contributed by atoms with van der Waals surface area (Å²) in [6, 6.07) is 1.69. The van der Waals surface area contributed by atoms with Crippen molar-refractivity contribution in [2.45, 2.75) is 51.9 Å². The van der Waals surface area contributed by atoms with Gasteiger partial charge in [0.05, 0.1) is 19.0 Å². The molecule has 2 aliphatic rings. The van der Waals surface area contributed by atoms with Gasteiger partial charge in [-0.05, 0) is 57.2 Å². The summed E-state index contributed by atoms with van der Waals surface area (Å²) in [7, 11) is 1.38. The highest BCUT2D eigenvalue weighted by atomic mass is 16.5. The third kappa shape index (κ3) is 5.92. The van der Waals surface area contributed by atoms with Crippen molar-refractivity contribution >= 4 is 23.4 Å². The van der Waals surface area contributed by atoms with Crippen molar-refractivity contribution in [3.8, 4) is 0 Å². The van der Waals surface area contributed by atoms with Crippen LogP contribution in [0.4, 0.5) is 11.5 Å². The van der Waals surface area contributed by atoms with E-state index in [0.717, 1.165) is 38.8 Å². The van der Waals surface area contributed by atoms with Crippen molar-refractivity contribution < 1.29 is 15.8 Å². The second-order valence-corrected chi connectivity index (χ2v) is 8.18. The van der Waals surface area contributed by atoms with Crippen LogP contribution in [0, 0.1) is 5.92 Å². The smallest absolute Gasteiger partial charge is 0.341 e. The number of anilines is 2. The fourth-order valence-corrected chi connectivity index (χ4v) is 4.26. The Hall–Kier alpha value is -2.15. The summed E-state index contributed by atoms with van der Waals surface area (Å²) in [6.07, 6.45) is 8.78. The number of likely N-dealkylation sites (tertiary alicyclic amines) is 1. The Morgan fingerprint density at radius 2 is 1.97 bits per heavy atom. The van der Waals surface area contributed by atoms with Crippen LogP contribution in [0.15, 0.2) is 12.3 Å². The lowest BCUT2D eigenvalue weighted by atomic mass is 9.96. The molecule has 2 saturated heterocycles. The summed E-state index contributed by atoms with van der Waals surface area (Å²) in [5.41, 5.74) is 0.956. The highest BCUT2D eigenvalue weighted by Crippen LogP contribution is 2.28. The minimum absolute atomic E-state index is 0. The summed E-state index contributed by atoms with van der Waals surface area (Å²) < 4.78 is 4.98. The topological polar surface area (TPSA) is 74.8 Å². The lowest BCUT2D eigenvalue weighted by Gasteiger charge is -2.35. The van der Waals surface area contributed by atoms with Gasteiger partial charge in [-0.15, -0.1) is 0 Å². The predicted octanol–water partition coefficient (Wildman–Crippen LogP) is 3.56. The zero-order valence-electron chi connectivity index (χ0n) is 17.8. The van der Waals surface area contributed by atoms with Gasteiger partial charge in [0.1, 0.15) is 11.4 Å². The molecule has 0 saturated carbocycles. The lowest BCUT2D eigenvalue weighted by Crippen LogP contribution is -2.39. The molecule has 1 aromatic rings. The summed E-state index contributed by atoms with van der Waals surface area (Å²) in [5.74, 6) is 0.891. The lowest BCUT2D eigenvalue weighted by molar-refractivity contribution is -0.116. The summed E-state index contributed by atoms with van der Waals surface area (Å²) >= 11 is 0. The summed E-state index contributed by atoms with van der Waals surface area (Å²) in [6.45, 7) is 7.48. The molecule has 29 heavy (non-hydrogen) atoms. The first-order valence-corrected chi connectivity index (χ1v) is 11.0. The number of nitrogens with one attached hydrogen (secondary N) is 1. The normalized spacial score (nSPS) is 18.1. The van der Waals surface area contributed by atoms with Gasteiger partial charge in [0.25, 0.3) is 0 Å². The van der Waals surface area contributed by atoms with E-state index in [1.54, 1.807) is 12.3 Å². The highest BCUT2D eigenvalue weighted by molar-refractivity contribution is 5.97. The van der Waals surface area contributed by atoms with Gasteiger partial charge in [-0.2, -0.15) is 0 Å². The maximum absolute atomic E-state index is 12.4. The Morgan fingerprint density at radius 3 is 2.62 bits per heavy atom. The average Bonchev–Trinajstić information content (AvgIpc) is 3.25. The predicted molar refractivity (Wildman–Crippen MR) is 116 cm³/mol. The molecule has 7 heteroatoms. The van der Waals surface area contributed by atoms with Gasteiger partial charge in [-0.25, -0.2) is 9.78 Å². The maximum Gasteiger partial charge on any atom is 0.341 e. The number of unbranched alkanes of at least 4 members (excludes halogenated alkanes) is 1. The van der Waals surface area contributed by atoms with Crippen molar-refractivity contribution in [3.05, 3.63) is 17.8 Å². The zero-order chi connectivity index (χ0) is 20.6. The SMILES string of the molecule is CCCCC(=O)Nc1cnc(N2CCC(CN3CCCC3)CC2)c(C(=O)OC)c1.[HH]. The fraction of sp³-hybridized carbons (Fsp3) is 0.682. The van der Waals surface area contributed by atoms with Crippen LogP contribution in [0.2, 0.25) is 0 Å². The van der Waals surface area contributed by atoms with Crippen LogP contribution >= 0.6 is 0 Å². The van der Waals surface area contributed by atoms with E-state index in [0.29, 0.717) is 29.4 Å². The van der Waals surface area contributed by atoms with Crippen molar-refractivity contribution in [1.82, 2.24) is 9.88 Å². The molecule has 0 spiro atoms. The molecule has 3 rings (SSSR count). The van der Waals surface area contributed by atoms with Crippen molar-refractivity contribution in [2.24, 2.45) is 5.92 Å². The average molecular weight is 405 g/mol. The Morgan fingerprint density at radius 1 is 1.24 bits per heavy atom. The second kappa shape index (κ2) is 10.6. The van der Waals surface area contributed by atoms with Gasteiger partial charge in [-0.1, -0.05) is 13.3 Å². The number of ether oxygens (including phenoxy) is 1. The summed E-state index contributed by atoms with van der Waals surface area (Å²) in [5, 5.41) is 2.84.